The highest BCUT2D eigenvalue weighted by Crippen LogP contribution is 2.21. The van der Waals surface area contributed by atoms with Gasteiger partial charge in [0, 0.05) is 21.8 Å². The predicted molar refractivity (Wildman–Crippen MR) is 113 cm³/mol. The lowest BCUT2D eigenvalue weighted by Gasteiger charge is -2.15. The third-order valence-corrected chi connectivity index (χ3v) is 4.67. The third kappa shape index (κ3) is 4.67. The monoisotopic (exact) mass is 441 g/mol. The third-order valence-electron chi connectivity index (χ3n) is 4.14. The first-order valence-corrected chi connectivity index (χ1v) is 9.66. The molecule has 3 aromatic rings. The second-order valence-corrected chi connectivity index (χ2v) is 7.05. The number of nitrogens with one attached hydrogen (secondary N) is 1. The predicted octanol–water partition coefficient (Wildman–Crippen LogP) is 4.27. The van der Waals surface area contributed by atoms with Gasteiger partial charge in [0.05, 0.1) is 12.3 Å². The highest BCUT2D eigenvalue weighted by atomic mass is 79.9. The molecule has 1 amide bonds. The fraction of sp³-hybridized carbons (Fsp3) is 0.190. The van der Waals surface area contributed by atoms with Gasteiger partial charge in [-0.2, -0.15) is 5.10 Å². The maximum atomic E-state index is 12.6. The van der Waals surface area contributed by atoms with E-state index in [-0.39, 0.29) is 11.5 Å². The maximum absolute atomic E-state index is 12.6. The van der Waals surface area contributed by atoms with Crippen molar-refractivity contribution in [3.05, 3.63) is 75.5 Å². The van der Waals surface area contributed by atoms with Crippen molar-refractivity contribution >= 4 is 27.5 Å². The van der Waals surface area contributed by atoms with Crippen LogP contribution in [0.25, 0.3) is 11.3 Å². The number of hydrogen-bond acceptors (Lipinski definition) is 4. The van der Waals surface area contributed by atoms with Gasteiger partial charge in [-0.25, -0.2) is 4.68 Å². The Morgan fingerprint density at radius 1 is 1.11 bits per heavy atom. The van der Waals surface area contributed by atoms with Gasteiger partial charge in [-0.15, -0.1) is 0 Å². The van der Waals surface area contributed by atoms with Crippen molar-refractivity contribution in [2.45, 2.75) is 19.9 Å². The highest BCUT2D eigenvalue weighted by Gasteiger charge is 2.18. The number of anilines is 1. The van der Waals surface area contributed by atoms with Crippen LogP contribution < -0.4 is 15.6 Å². The number of aromatic nitrogens is 2. The van der Waals surface area contributed by atoms with Crippen molar-refractivity contribution in [1.82, 2.24) is 9.78 Å². The second-order valence-electron chi connectivity index (χ2n) is 6.13. The molecule has 7 heteroatoms. The van der Waals surface area contributed by atoms with Gasteiger partial charge in [-0.1, -0.05) is 15.9 Å². The fourth-order valence-electron chi connectivity index (χ4n) is 2.64. The lowest BCUT2D eigenvalue weighted by Crippen LogP contribution is -2.33. The minimum Gasteiger partial charge on any atom is -0.494 e. The van der Waals surface area contributed by atoms with Crippen LogP contribution in [0, 0.1) is 0 Å². The smallest absolute Gasteiger partial charge is 0.267 e. The Hall–Kier alpha value is -2.93. The number of rotatable bonds is 6. The number of carbonyl (C=O) groups excluding carboxylic acids is 1. The van der Waals surface area contributed by atoms with Gasteiger partial charge in [-0.05, 0) is 68.4 Å². The summed E-state index contributed by atoms with van der Waals surface area (Å²) in [6, 6.07) is 17.0. The second kappa shape index (κ2) is 8.84. The highest BCUT2D eigenvalue weighted by molar-refractivity contribution is 9.10. The Bertz CT molecular complexity index is 1010. The van der Waals surface area contributed by atoms with Gasteiger partial charge in [0.15, 0.2) is 0 Å². The quantitative estimate of drug-likeness (QED) is 0.619. The molecule has 1 heterocycles. The first-order chi connectivity index (χ1) is 13.5. The molecule has 144 valence electrons. The van der Waals surface area contributed by atoms with Crippen LogP contribution in [0.3, 0.4) is 0 Å². The molecule has 6 nitrogen and oxygen atoms in total. The molecule has 0 saturated carbocycles. The minimum absolute atomic E-state index is 0.319. The van der Waals surface area contributed by atoms with Crippen molar-refractivity contribution in [2.75, 3.05) is 11.9 Å². The molecule has 28 heavy (non-hydrogen) atoms. The molecule has 1 aromatic heterocycles. The Morgan fingerprint density at radius 3 is 2.43 bits per heavy atom. The summed E-state index contributed by atoms with van der Waals surface area (Å²) >= 11 is 3.35. The Balaban J connectivity index is 1.82. The van der Waals surface area contributed by atoms with Crippen molar-refractivity contribution < 1.29 is 9.53 Å². The summed E-state index contributed by atoms with van der Waals surface area (Å²) in [4.78, 5) is 24.9. The van der Waals surface area contributed by atoms with E-state index in [2.05, 4.69) is 26.3 Å². The van der Waals surface area contributed by atoms with E-state index in [9.17, 15) is 9.59 Å². The molecule has 0 aliphatic heterocycles. The summed E-state index contributed by atoms with van der Waals surface area (Å²) in [7, 11) is 0. The van der Waals surface area contributed by atoms with E-state index in [4.69, 9.17) is 4.74 Å². The average molecular weight is 442 g/mol. The van der Waals surface area contributed by atoms with Crippen LogP contribution in [0.1, 0.15) is 19.9 Å². The number of hydrogen-bond donors (Lipinski definition) is 1. The van der Waals surface area contributed by atoms with Crippen LogP contribution in [0.5, 0.6) is 5.75 Å². The molecule has 1 unspecified atom stereocenters. The van der Waals surface area contributed by atoms with Crippen LogP contribution in [0.4, 0.5) is 5.69 Å². The zero-order chi connectivity index (χ0) is 20.1. The summed E-state index contributed by atoms with van der Waals surface area (Å²) in [5, 5.41) is 7.19. The Kier molecular flexibility index (Phi) is 6.26. The largest absolute Gasteiger partial charge is 0.494 e. The summed E-state index contributed by atoms with van der Waals surface area (Å²) in [5.74, 6) is 0.447. The molecule has 1 atom stereocenters. The molecule has 2 aromatic carbocycles. The van der Waals surface area contributed by atoms with Gasteiger partial charge >= 0.3 is 0 Å². The topological polar surface area (TPSA) is 73.2 Å². The zero-order valence-electron chi connectivity index (χ0n) is 15.6. The summed E-state index contributed by atoms with van der Waals surface area (Å²) < 4.78 is 7.55. The van der Waals surface area contributed by atoms with E-state index in [1.807, 2.05) is 43.3 Å². The van der Waals surface area contributed by atoms with E-state index >= 15 is 0 Å². The van der Waals surface area contributed by atoms with Crippen molar-refractivity contribution in [1.29, 1.82) is 0 Å². The van der Waals surface area contributed by atoms with Gasteiger partial charge in [0.1, 0.15) is 11.8 Å². The van der Waals surface area contributed by atoms with Gasteiger partial charge in [-0.3, -0.25) is 9.59 Å². The molecule has 0 fully saturated rings. The van der Waals surface area contributed by atoms with Crippen LogP contribution in [0.15, 0.2) is 69.9 Å². The van der Waals surface area contributed by atoms with Gasteiger partial charge in [0.2, 0.25) is 5.91 Å². The lowest BCUT2D eigenvalue weighted by atomic mass is 10.1. The van der Waals surface area contributed by atoms with Crippen molar-refractivity contribution in [3.8, 4) is 17.0 Å². The number of ether oxygens (including phenoxy) is 1. The first kappa shape index (κ1) is 19.8. The Morgan fingerprint density at radius 2 is 1.79 bits per heavy atom. The number of benzene rings is 2. The number of halogens is 1. The van der Waals surface area contributed by atoms with Crippen molar-refractivity contribution in [3.63, 3.8) is 0 Å². The molecule has 0 spiro atoms. The average Bonchev–Trinajstić information content (AvgIpc) is 2.70. The van der Waals surface area contributed by atoms with E-state index in [0.717, 1.165) is 15.8 Å². The van der Waals surface area contributed by atoms with E-state index in [0.29, 0.717) is 18.0 Å². The maximum Gasteiger partial charge on any atom is 0.267 e. The molecule has 0 saturated heterocycles. The van der Waals surface area contributed by atoms with Crippen LogP contribution >= 0.6 is 15.9 Å². The minimum atomic E-state index is -0.765. The summed E-state index contributed by atoms with van der Waals surface area (Å²) in [6.45, 7) is 4.16. The molecular formula is C21H20BrN3O3. The van der Waals surface area contributed by atoms with Crippen molar-refractivity contribution in [2.24, 2.45) is 0 Å². The Labute approximate surface area is 171 Å². The summed E-state index contributed by atoms with van der Waals surface area (Å²) in [5.41, 5.74) is 1.74. The zero-order valence-corrected chi connectivity index (χ0v) is 17.1. The molecule has 0 aliphatic rings. The molecular weight excluding hydrogens is 422 g/mol. The van der Waals surface area contributed by atoms with Gasteiger partial charge < -0.3 is 10.1 Å². The molecule has 0 radical (unpaired) electrons. The standard InChI is InChI=1S/C21H20BrN3O3/c1-3-28-18-10-4-15(5-11-18)19-12-13-20(26)25(24-19)14(2)21(27)23-17-8-6-16(22)7-9-17/h4-14H,3H2,1-2H3,(H,23,27). The number of amides is 1. The van der Waals surface area contributed by atoms with E-state index in [1.165, 1.54) is 10.7 Å². The number of nitrogens with zero attached hydrogens (tertiary/aromatic N) is 2. The normalized spacial score (nSPS) is 11.7. The lowest BCUT2D eigenvalue weighted by molar-refractivity contribution is -0.119. The summed E-state index contributed by atoms with van der Waals surface area (Å²) in [6.07, 6.45) is 0. The van der Waals surface area contributed by atoms with E-state index < -0.39 is 6.04 Å². The first-order valence-electron chi connectivity index (χ1n) is 8.87. The van der Waals surface area contributed by atoms with Crippen LogP contribution in [-0.4, -0.2) is 22.3 Å². The molecule has 0 bridgehead atoms. The van der Waals surface area contributed by atoms with E-state index in [1.54, 1.807) is 25.1 Å². The molecule has 0 aliphatic carbocycles. The van der Waals surface area contributed by atoms with Crippen LogP contribution in [0.2, 0.25) is 0 Å². The number of carbonyl (C=O) groups is 1. The fourth-order valence-corrected chi connectivity index (χ4v) is 2.90. The van der Waals surface area contributed by atoms with Crippen LogP contribution in [-0.2, 0) is 4.79 Å². The molecule has 1 N–H and O–H groups in total. The SMILES string of the molecule is CCOc1ccc(-c2ccc(=O)n(C(C)C(=O)Nc3ccc(Br)cc3)n2)cc1. The molecule has 3 rings (SSSR count). The van der Waals surface area contributed by atoms with Gasteiger partial charge in [0.25, 0.3) is 5.56 Å².